The van der Waals surface area contributed by atoms with Crippen LogP contribution in [-0.4, -0.2) is 36.8 Å². The maximum Gasteiger partial charge on any atom is 0.263 e. The molecular formula is C11H13FN2O3. The van der Waals surface area contributed by atoms with Gasteiger partial charge in [-0.15, -0.1) is 0 Å². The van der Waals surface area contributed by atoms with Crippen LogP contribution in [-0.2, 0) is 4.79 Å². The molecule has 5 nitrogen and oxygen atoms in total. The van der Waals surface area contributed by atoms with E-state index < -0.39 is 11.9 Å². The first kappa shape index (κ1) is 11.7. The fourth-order valence-corrected chi connectivity index (χ4v) is 1.58. The van der Waals surface area contributed by atoms with Crippen molar-refractivity contribution in [2.24, 2.45) is 0 Å². The van der Waals surface area contributed by atoms with Crippen molar-refractivity contribution in [1.82, 2.24) is 5.32 Å². The standard InChI is InChI=1S/C11H13FN2O3/c12-7-1-2-8-9(5-7)17-10(6-14-8)11(16)13-3-4-15/h1-2,5,10,14-15H,3-4,6H2,(H,13,16). The number of rotatable bonds is 3. The summed E-state index contributed by atoms with van der Waals surface area (Å²) in [6, 6.07) is 4.11. The Bertz CT molecular complexity index is 425. The number of hydrogen-bond donors (Lipinski definition) is 3. The number of aliphatic hydroxyl groups excluding tert-OH is 1. The van der Waals surface area contributed by atoms with Crippen molar-refractivity contribution in [3.63, 3.8) is 0 Å². The van der Waals surface area contributed by atoms with Gasteiger partial charge in [-0.2, -0.15) is 0 Å². The van der Waals surface area contributed by atoms with Crippen LogP contribution in [0.1, 0.15) is 0 Å². The topological polar surface area (TPSA) is 70.6 Å². The molecule has 0 aliphatic carbocycles. The second-order valence-corrected chi connectivity index (χ2v) is 3.64. The van der Waals surface area contributed by atoms with Gasteiger partial charge in [0.2, 0.25) is 0 Å². The lowest BCUT2D eigenvalue weighted by Crippen LogP contribution is -2.45. The number of aliphatic hydroxyl groups is 1. The van der Waals surface area contributed by atoms with Gasteiger partial charge in [-0.05, 0) is 12.1 Å². The van der Waals surface area contributed by atoms with Crippen LogP contribution in [0.5, 0.6) is 5.75 Å². The number of nitrogens with one attached hydrogen (secondary N) is 2. The number of carbonyl (C=O) groups is 1. The SMILES string of the molecule is O=C(NCCO)C1CNc2ccc(F)cc2O1. The van der Waals surface area contributed by atoms with Crippen LogP contribution >= 0.6 is 0 Å². The third-order valence-electron chi connectivity index (χ3n) is 2.39. The fourth-order valence-electron chi connectivity index (χ4n) is 1.58. The first-order valence-corrected chi connectivity index (χ1v) is 5.29. The van der Waals surface area contributed by atoms with E-state index in [1.165, 1.54) is 12.1 Å². The number of carbonyl (C=O) groups excluding carboxylic acids is 1. The largest absolute Gasteiger partial charge is 0.476 e. The Labute approximate surface area is 97.6 Å². The van der Waals surface area contributed by atoms with E-state index in [1.54, 1.807) is 6.07 Å². The molecule has 0 fully saturated rings. The highest BCUT2D eigenvalue weighted by Gasteiger charge is 2.25. The Balaban J connectivity index is 2.04. The Hall–Kier alpha value is -1.82. The lowest BCUT2D eigenvalue weighted by atomic mass is 10.2. The zero-order valence-corrected chi connectivity index (χ0v) is 9.07. The summed E-state index contributed by atoms with van der Waals surface area (Å²) in [4.78, 5) is 11.6. The average Bonchev–Trinajstić information content (AvgIpc) is 2.35. The number of ether oxygens (including phenoxy) is 1. The second-order valence-electron chi connectivity index (χ2n) is 3.64. The summed E-state index contributed by atoms with van der Waals surface area (Å²) in [5.41, 5.74) is 0.664. The molecule has 6 heteroatoms. The molecule has 2 rings (SSSR count). The monoisotopic (exact) mass is 240 g/mol. The average molecular weight is 240 g/mol. The first-order chi connectivity index (χ1) is 8.20. The van der Waals surface area contributed by atoms with Crippen LogP contribution in [0.25, 0.3) is 0 Å². The highest BCUT2D eigenvalue weighted by Crippen LogP contribution is 2.29. The Morgan fingerprint density at radius 3 is 3.24 bits per heavy atom. The van der Waals surface area contributed by atoms with Crippen molar-refractivity contribution in [1.29, 1.82) is 0 Å². The van der Waals surface area contributed by atoms with E-state index in [9.17, 15) is 9.18 Å². The van der Waals surface area contributed by atoms with Crippen LogP contribution in [0.3, 0.4) is 0 Å². The minimum atomic E-state index is -0.712. The normalized spacial score (nSPS) is 17.6. The molecule has 0 aromatic heterocycles. The summed E-state index contributed by atoms with van der Waals surface area (Å²) in [6.07, 6.45) is -0.712. The van der Waals surface area contributed by atoms with E-state index in [4.69, 9.17) is 9.84 Å². The molecule has 1 unspecified atom stereocenters. The lowest BCUT2D eigenvalue weighted by molar-refractivity contribution is -0.127. The fraction of sp³-hybridized carbons (Fsp3) is 0.364. The molecule has 0 bridgehead atoms. The predicted molar refractivity (Wildman–Crippen MR) is 59.4 cm³/mol. The molecule has 92 valence electrons. The number of hydrogen-bond acceptors (Lipinski definition) is 4. The van der Waals surface area contributed by atoms with Crippen molar-refractivity contribution < 1.29 is 19.0 Å². The van der Waals surface area contributed by atoms with Crippen molar-refractivity contribution in [3.05, 3.63) is 24.0 Å². The molecule has 0 saturated carbocycles. The van der Waals surface area contributed by atoms with E-state index in [0.717, 1.165) is 0 Å². The summed E-state index contributed by atoms with van der Waals surface area (Å²) >= 11 is 0. The summed E-state index contributed by atoms with van der Waals surface area (Å²) in [5, 5.41) is 14.1. The molecular weight excluding hydrogens is 227 g/mol. The minimum absolute atomic E-state index is 0.128. The number of halogens is 1. The van der Waals surface area contributed by atoms with Crippen molar-refractivity contribution in [2.75, 3.05) is 25.0 Å². The molecule has 1 aliphatic rings. The van der Waals surface area contributed by atoms with E-state index in [2.05, 4.69) is 10.6 Å². The third-order valence-corrected chi connectivity index (χ3v) is 2.39. The molecule has 17 heavy (non-hydrogen) atoms. The van der Waals surface area contributed by atoms with E-state index in [1.807, 2.05) is 0 Å². The van der Waals surface area contributed by atoms with Gasteiger partial charge in [0.1, 0.15) is 11.6 Å². The predicted octanol–water partition coefficient (Wildman–Crippen LogP) is 0.107. The molecule has 1 aliphatic heterocycles. The van der Waals surface area contributed by atoms with Gasteiger partial charge in [0, 0.05) is 12.6 Å². The number of anilines is 1. The van der Waals surface area contributed by atoms with Gasteiger partial charge in [0.05, 0.1) is 18.8 Å². The van der Waals surface area contributed by atoms with Crippen LogP contribution in [0, 0.1) is 5.82 Å². The van der Waals surface area contributed by atoms with Crippen LogP contribution in [0.15, 0.2) is 18.2 Å². The van der Waals surface area contributed by atoms with Crippen molar-refractivity contribution in [2.45, 2.75) is 6.10 Å². The van der Waals surface area contributed by atoms with Crippen molar-refractivity contribution in [3.8, 4) is 5.75 Å². The minimum Gasteiger partial charge on any atom is -0.476 e. The zero-order valence-electron chi connectivity index (χ0n) is 9.07. The third kappa shape index (κ3) is 2.65. The summed E-state index contributed by atoms with van der Waals surface area (Å²) in [7, 11) is 0. The number of amides is 1. The van der Waals surface area contributed by atoms with E-state index in [0.29, 0.717) is 18.0 Å². The van der Waals surface area contributed by atoms with E-state index in [-0.39, 0.29) is 19.1 Å². The molecule has 1 atom stereocenters. The summed E-state index contributed by atoms with van der Waals surface area (Å²) < 4.78 is 18.4. The summed E-state index contributed by atoms with van der Waals surface area (Å²) in [5.74, 6) is -0.427. The Morgan fingerprint density at radius 1 is 1.65 bits per heavy atom. The Morgan fingerprint density at radius 2 is 2.47 bits per heavy atom. The molecule has 0 saturated heterocycles. The molecule has 1 aromatic carbocycles. The lowest BCUT2D eigenvalue weighted by Gasteiger charge is -2.26. The van der Waals surface area contributed by atoms with E-state index >= 15 is 0 Å². The molecule has 3 N–H and O–H groups in total. The van der Waals surface area contributed by atoms with Gasteiger partial charge in [-0.3, -0.25) is 4.79 Å². The van der Waals surface area contributed by atoms with Crippen LogP contribution in [0.4, 0.5) is 10.1 Å². The smallest absolute Gasteiger partial charge is 0.263 e. The maximum absolute atomic E-state index is 13.0. The highest BCUT2D eigenvalue weighted by molar-refractivity contribution is 5.83. The zero-order chi connectivity index (χ0) is 12.3. The first-order valence-electron chi connectivity index (χ1n) is 5.29. The Kier molecular flexibility index (Phi) is 3.43. The van der Waals surface area contributed by atoms with Gasteiger partial charge in [0.15, 0.2) is 6.10 Å². The van der Waals surface area contributed by atoms with Crippen LogP contribution in [0.2, 0.25) is 0 Å². The maximum atomic E-state index is 13.0. The molecule has 1 aromatic rings. The summed E-state index contributed by atoms with van der Waals surface area (Å²) in [6.45, 7) is 0.363. The van der Waals surface area contributed by atoms with Gasteiger partial charge in [0.25, 0.3) is 5.91 Å². The van der Waals surface area contributed by atoms with Crippen molar-refractivity contribution >= 4 is 11.6 Å². The second kappa shape index (κ2) is 5.01. The molecule has 1 amide bonds. The van der Waals surface area contributed by atoms with Gasteiger partial charge >= 0.3 is 0 Å². The number of fused-ring (bicyclic) bond motifs is 1. The number of benzene rings is 1. The van der Waals surface area contributed by atoms with Gasteiger partial charge in [-0.1, -0.05) is 0 Å². The quantitative estimate of drug-likeness (QED) is 0.701. The van der Waals surface area contributed by atoms with Gasteiger partial charge < -0.3 is 20.5 Å². The molecule has 0 radical (unpaired) electrons. The van der Waals surface area contributed by atoms with Crippen LogP contribution < -0.4 is 15.4 Å². The highest BCUT2D eigenvalue weighted by atomic mass is 19.1. The molecule has 0 spiro atoms. The van der Waals surface area contributed by atoms with Gasteiger partial charge in [-0.25, -0.2) is 4.39 Å². The molecule has 1 heterocycles.